The van der Waals surface area contributed by atoms with E-state index in [4.69, 9.17) is 10.8 Å². The summed E-state index contributed by atoms with van der Waals surface area (Å²) in [5.41, 5.74) is 6.62. The lowest BCUT2D eigenvalue weighted by Gasteiger charge is -2.39. The summed E-state index contributed by atoms with van der Waals surface area (Å²) in [5.74, 6) is 0.132. The van der Waals surface area contributed by atoms with Crippen LogP contribution in [-0.2, 0) is 0 Å². The third-order valence-corrected chi connectivity index (χ3v) is 3.86. The highest BCUT2D eigenvalue weighted by Gasteiger charge is 2.25. The molecule has 1 aliphatic heterocycles. The number of nitrogens with two attached hydrogens (primary N) is 1. The number of rotatable bonds is 5. The molecule has 0 aromatic heterocycles. The quantitative estimate of drug-likeness (QED) is 0.592. The average Bonchev–Trinajstić information content (AvgIpc) is 2.44. The van der Waals surface area contributed by atoms with Crippen LogP contribution in [-0.4, -0.2) is 71.0 Å². The standard InChI is InChI=1S/C14H23N3O3/c15-10-13(12-2-1-11(19)9-14(12)20)17-5-3-16(4-6-17)7-8-18/h1-2,9,13,18-20H,3-8,10,15H2. The lowest BCUT2D eigenvalue weighted by molar-refractivity contribution is 0.0849. The molecule has 0 aliphatic carbocycles. The van der Waals surface area contributed by atoms with E-state index in [9.17, 15) is 10.2 Å². The molecule has 0 spiro atoms. The van der Waals surface area contributed by atoms with E-state index < -0.39 is 0 Å². The normalized spacial score (nSPS) is 19.1. The van der Waals surface area contributed by atoms with Gasteiger partial charge in [0.1, 0.15) is 11.5 Å². The summed E-state index contributed by atoms with van der Waals surface area (Å²) in [5, 5.41) is 28.3. The van der Waals surface area contributed by atoms with E-state index >= 15 is 0 Å². The number of β-amino-alcohol motifs (C(OH)–C–C–N with tert-alkyl or cyclic N) is 1. The molecule has 1 aromatic carbocycles. The van der Waals surface area contributed by atoms with Gasteiger partial charge in [0.15, 0.2) is 0 Å². The van der Waals surface area contributed by atoms with Gasteiger partial charge >= 0.3 is 0 Å². The van der Waals surface area contributed by atoms with Crippen molar-refractivity contribution in [1.29, 1.82) is 0 Å². The number of aromatic hydroxyl groups is 2. The van der Waals surface area contributed by atoms with Crippen molar-refractivity contribution in [3.8, 4) is 11.5 Å². The van der Waals surface area contributed by atoms with Crippen LogP contribution in [0.5, 0.6) is 11.5 Å². The van der Waals surface area contributed by atoms with Crippen molar-refractivity contribution in [2.75, 3.05) is 45.9 Å². The molecule has 0 amide bonds. The van der Waals surface area contributed by atoms with Crippen molar-refractivity contribution >= 4 is 0 Å². The minimum absolute atomic E-state index is 0.0492. The molecule has 1 heterocycles. The summed E-state index contributed by atoms with van der Waals surface area (Å²) in [6, 6.07) is 4.59. The number of phenolic OH excluding ortho intramolecular Hbond substituents is 2. The van der Waals surface area contributed by atoms with Gasteiger partial charge in [-0.15, -0.1) is 0 Å². The first kappa shape index (κ1) is 15.1. The fourth-order valence-corrected chi connectivity index (χ4v) is 2.73. The molecule has 1 atom stereocenters. The molecule has 2 rings (SSSR count). The molecule has 1 saturated heterocycles. The molecule has 1 aromatic rings. The van der Waals surface area contributed by atoms with Gasteiger partial charge in [-0.1, -0.05) is 6.07 Å². The highest BCUT2D eigenvalue weighted by atomic mass is 16.3. The molecule has 0 bridgehead atoms. The van der Waals surface area contributed by atoms with Crippen LogP contribution >= 0.6 is 0 Å². The second kappa shape index (κ2) is 6.90. The van der Waals surface area contributed by atoms with Gasteiger partial charge in [-0.2, -0.15) is 0 Å². The summed E-state index contributed by atoms with van der Waals surface area (Å²) in [6.45, 7) is 4.76. The Balaban J connectivity index is 2.05. The van der Waals surface area contributed by atoms with E-state index in [1.54, 1.807) is 12.1 Å². The summed E-state index contributed by atoms with van der Waals surface area (Å²) in [6.07, 6.45) is 0. The number of hydrogen-bond acceptors (Lipinski definition) is 6. The van der Waals surface area contributed by atoms with Crippen LogP contribution in [0.15, 0.2) is 18.2 Å². The first-order valence-corrected chi connectivity index (χ1v) is 6.95. The Morgan fingerprint density at radius 2 is 1.85 bits per heavy atom. The van der Waals surface area contributed by atoms with Crippen LogP contribution in [0.25, 0.3) is 0 Å². The van der Waals surface area contributed by atoms with Crippen molar-refractivity contribution in [3.05, 3.63) is 23.8 Å². The van der Waals surface area contributed by atoms with Crippen LogP contribution < -0.4 is 5.73 Å². The van der Waals surface area contributed by atoms with Gasteiger partial charge in [0.05, 0.1) is 12.6 Å². The summed E-state index contributed by atoms with van der Waals surface area (Å²) >= 11 is 0. The number of phenols is 2. The molecule has 1 fully saturated rings. The fraction of sp³-hybridized carbons (Fsp3) is 0.571. The van der Waals surface area contributed by atoms with Crippen LogP contribution in [0, 0.1) is 0 Å². The summed E-state index contributed by atoms with van der Waals surface area (Å²) in [4.78, 5) is 4.45. The number of nitrogens with zero attached hydrogens (tertiary/aromatic N) is 2. The number of aliphatic hydroxyl groups is 1. The first-order chi connectivity index (χ1) is 9.65. The third-order valence-electron chi connectivity index (χ3n) is 3.86. The van der Waals surface area contributed by atoms with Gasteiger partial charge in [-0.05, 0) is 6.07 Å². The topological polar surface area (TPSA) is 93.2 Å². The molecule has 6 heteroatoms. The Hall–Kier alpha value is -1.34. The zero-order valence-corrected chi connectivity index (χ0v) is 11.6. The van der Waals surface area contributed by atoms with Gasteiger partial charge in [0.25, 0.3) is 0 Å². The summed E-state index contributed by atoms with van der Waals surface area (Å²) in [7, 11) is 0. The van der Waals surface area contributed by atoms with Crippen molar-refractivity contribution < 1.29 is 15.3 Å². The fourth-order valence-electron chi connectivity index (χ4n) is 2.73. The molecule has 5 N–H and O–H groups in total. The van der Waals surface area contributed by atoms with E-state index in [2.05, 4.69) is 9.80 Å². The smallest absolute Gasteiger partial charge is 0.124 e. The monoisotopic (exact) mass is 281 g/mol. The first-order valence-electron chi connectivity index (χ1n) is 6.95. The minimum Gasteiger partial charge on any atom is -0.508 e. The van der Waals surface area contributed by atoms with Gasteiger partial charge in [0.2, 0.25) is 0 Å². The van der Waals surface area contributed by atoms with Gasteiger partial charge in [-0.3, -0.25) is 9.80 Å². The van der Waals surface area contributed by atoms with Crippen LogP contribution in [0.3, 0.4) is 0 Å². The van der Waals surface area contributed by atoms with Crippen molar-refractivity contribution in [2.45, 2.75) is 6.04 Å². The zero-order valence-electron chi connectivity index (χ0n) is 11.6. The number of benzene rings is 1. The highest BCUT2D eigenvalue weighted by molar-refractivity contribution is 5.41. The van der Waals surface area contributed by atoms with Gasteiger partial charge < -0.3 is 21.1 Å². The van der Waals surface area contributed by atoms with Crippen molar-refractivity contribution in [2.24, 2.45) is 5.73 Å². The minimum atomic E-state index is -0.0492. The Morgan fingerprint density at radius 1 is 1.15 bits per heavy atom. The Labute approximate surface area is 119 Å². The van der Waals surface area contributed by atoms with E-state index in [0.717, 1.165) is 31.7 Å². The van der Waals surface area contributed by atoms with Gasteiger partial charge in [-0.25, -0.2) is 0 Å². The maximum atomic E-state index is 9.97. The van der Waals surface area contributed by atoms with E-state index in [-0.39, 0.29) is 24.1 Å². The Bertz CT molecular complexity index is 434. The van der Waals surface area contributed by atoms with Crippen LogP contribution in [0.1, 0.15) is 11.6 Å². The SMILES string of the molecule is NCC(c1ccc(O)cc1O)N1CCN(CCO)CC1. The predicted molar refractivity (Wildman–Crippen MR) is 76.7 cm³/mol. The highest BCUT2D eigenvalue weighted by Crippen LogP contribution is 2.31. The average molecular weight is 281 g/mol. The second-order valence-corrected chi connectivity index (χ2v) is 5.10. The molecule has 20 heavy (non-hydrogen) atoms. The molecular formula is C14H23N3O3. The molecule has 1 unspecified atom stereocenters. The third kappa shape index (κ3) is 3.40. The number of hydrogen-bond donors (Lipinski definition) is 4. The Kier molecular flexibility index (Phi) is 5.19. The molecule has 1 aliphatic rings. The maximum absolute atomic E-state index is 9.97. The van der Waals surface area contributed by atoms with Gasteiger partial charge in [0, 0.05) is 50.9 Å². The predicted octanol–water partition coefficient (Wildman–Crippen LogP) is -0.293. The van der Waals surface area contributed by atoms with Crippen molar-refractivity contribution in [3.63, 3.8) is 0 Å². The van der Waals surface area contributed by atoms with E-state index in [0.29, 0.717) is 13.1 Å². The molecule has 0 radical (unpaired) electrons. The zero-order chi connectivity index (χ0) is 14.5. The van der Waals surface area contributed by atoms with E-state index in [1.807, 2.05) is 0 Å². The lowest BCUT2D eigenvalue weighted by atomic mass is 10.0. The molecular weight excluding hydrogens is 258 g/mol. The van der Waals surface area contributed by atoms with Crippen molar-refractivity contribution in [1.82, 2.24) is 9.80 Å². The molecule has 0 saturated carbocycles. The van der Waals surface area contributed by atoms with E-state index in [1.165, 1.54) is 6.07 Å². The molecule has 6 nitrogen and oxygen atoms in total. The second-order valence-electron chi connectivity index (χ2n) is 5.10. The lowest BCUT2D eigenvalue weighted by Crippen LogP contribution is -2.49. The Morgan fingerprint density at radius 3 is 2.40 bits per heavy atom. The van der Waals surface area contributed by atoms with Crippen LogP contribution in [0.2, 0.25) is 0 Å². The maximum Gasteiger partial charge on any atom is 0.124 e. The summed E-state index contributed by atoms with van der Waals surface area (Å²) < 4.78 is 0. The number of piperazine rings is 1. The largest absolute Gasteiger partial charge is 0.508 e. The van der Waals surface area contributed by atoms with Crippen LogP contribution in [0.4, 0.5) is 0 Å². The molecule has 112 valence electrons. The number of aliphatic hydroxyl groups excluding tert-OH is 1.